The Bertz CT molecular complexity index is 987. The van der Waals surface area contributed by atoms with Gasteiger partial charge in [-0.2, -0.15) is 0 Å². The summed E-state index contributed by atoms with van der Waals surface area (Å²) in [4.78, 5) is 46.4. The third-order valence-electron chi connectivity index (χ3n) is 4.84. The number of carbonyl (C=O) groups excluding carboxylic acids is 1. The molecule has 0 aliphatic carbocycles. The molecule has 1 atom stereocenters. The number of benzene rings is 2. The Morgan fingerprint density at radius 3 is 2.45 bits per heavy atom. The molecule has 2 aromatic rings. The molecule has 0 amide bonds. The van der Waals surface area contributed by atoms with E-state index in [0.717, 1.165) is 12.1 Å². The van der Waals surface area contributed by atoms with Gasteiger partial charge in [0.05, 0.1) is 4.92 Å². The van der Waals surface area contributed by atoms with Crippen LogP contribution in [0.1, 0.15) is 23.5 Å². The fourth-order valence-corrected chi connectivity index (χ4v) is 3.49. The van der Waals surface area contributed by atoms with Gasteiger partial charge < -0.3 is 24.5 Å². The first-order valence-corrected chi connectivity index (χ1v) is 8.37. The van der Waals surface area contributed by atoms with Crippen molar-refractivity contribution < 1.29 is 39.0 Å². The minimum absolute atomic E-state index is 0.0506. The Labute approximate surface area is 163 Å². The van der Waals surface area contributed by atoms with Gasteiger partial charge in [-0.05, 0) is 23.3 Å². The van der Waals surface area contributed by atoms with Gasteiger partial charge in [0.25, 0.3) is 5.69 Å². The van der Waals surface area contributed by atoms with Gasteiger partial charge in [0.1, 0.15) is 6.29 Å². The summed E-state index contributed by atoms with van der Waals surface area (Å²) < 4.78 is 10.5. The summed E-state index contributed by atoms with van der Waals surface area (Å²) >= 11 is 0. The topological polar surface area (TPSA) is 153 Å². The first-order valence-electron chi connectivity index (χ1n) is 8.37. The number of ether oxygens (including phenoxy) is 2. The minimum atomic E-state index is -2.65. The van der Waals surface area contributed by atoms with E-state index in [1.807, 2.05) is 0 Å². The number of fused-ring (bicyclic) bond motifs is 1. The summed E-state index contributed by atoms with van der Waals surface area (Å²) in [5, 5.41) is 31.2. The maximum absolute atomic E-state index is 12.3. The smallest absolute Gasteiger partial charge is 0.326 e. The summed E-state index contributed by atoms with van der Waals surface area (Å²) in [5.74, 6) is -4.20. The largest absolute Gasteiger partial charge is 0.480 e. The highest BCUT2D eigenvalue weighted by Gasteiger charge is 2.55. The molecule has 2 aromatic carbocycles. The van der Waals surface area contributed by atoms with Crippen molar-refractivity contribution in [1.82, 2.24) is 0 Å². The lowest BCUT2D eigenvalue weighted by Gasteiger charge is -2.33. The first kappa shape index (κ1) is 19.8. The molecule has 0 aromatic heterocycles. The monoisotopic (exact) mass is 401 g/mol. The minimum Gasteiger partial charge on any atom is -0.480 e. The van der Waals surface area contributed by atoms with Crippen LogP contribution in [0.25, 0.3) is 0 Å². The van der Waals surface area contributed by atoms with Crippen molar-refractivity contribution in [3.05, 3.63) is 63.7 Å². The first-order chi connectivity index (χ1) is 13.8. The molecule has 1 unspecified atom stereocenters. The number of non-ortho nitro benzene ring substituents is 1. The SMILES string of the molecule is O=CCC(c1ccc2c(c1)OCO2)C(C(=O)O)(C(=O)O)c1cccc([N+](=O)[O-])c1. The van der Waals surface area contributed by atoms with Gasteiger partial charge in [-0.1, -0.05) is 18.2 Å². The Kier molecular flexibility index (Phi) is 5.18. The number of nitrogens with zero attached hydrogens (tertiary/aromatic N) is 1. The van der Waals surface area contributed by atoms with Crippen molar-refractivity contribution >= 4 is 23.9 Å². The molecule has 10 heteroatoms. The van der Waals surface area contributed by atoms with Crippen molar-refractivity contribution in [2.75, 3.05) is 6.79 Å². The Hall–Kier alpha value is -3.95. The van der Waals surface area contributed by atoms with Crippen LogP contribution in [-0.2, 0) is 19.8 Å². The second kappa shape index (κ2) is 7.58. The van der Waals surface area contributed by atoms with Crippen LogP contribution in [0.15, 0.2) is 42.5 Å². The molecule has 29 heavy (non-hydrogen) atoms. The van der Waals surface area contributed by atoms with Crippen LogP contribution in [0.5, 0.6) is 11.5 Å². The third kappa shape index (κ3) is 3.24. The molecule has 0 saturated carbocycles. The number of carboxylic acid groups (broad SMARTS) is 2. The van der Waals surface area contributed by atoms with E-state index in [-0.39, 0.29) is 23.7 Å². The number of hydrogen-bond donors (Lipinski definition) is 2. The number of hydrogen-bond acceptors (Lipinski definition) is 7. The molecular formula is C19H15NO9. The Morgan fingerprint density at radius 2 is 1.83 bits per heavy atom. The zero-order chi connectivity index (χ0) is 21.2. The van der Waals surface area contributed by atoms with Gasteiger partial charge >= 0.3 is 11.9 Å². The number of nitro groups is 1. The van der Waals surface area contributed by atoms with Crippen LogP contribution < -0.4 is 9.47 Å². The molecule has 10 nitrogen and oxygen atoms in total. The number of aliphatic carboxylic acids is 2. The van der Waals surface area contributed by atoms with Crippen LogP contribution in [-0.4, -0.2) is 40.2 Å². The third-order valence-corrected chi connectivity index (χ3v) is 4.84. The van der Waals surface area contributed by atoms with Gasteiger partial charge in [0.15, 0.2) is 16.9 Å². The summed E-state index contributed by atoms with van der Waals surface area (Å²) in [6.07, 6.45) is -0.0475. The number of aldehydes is 1. The van der Waals surface area contributed by atoms with Crippen LogP contribution in [0.4, 0.5) is 5.69 Å². The Balaban J connectivity index is 2.27. The zero-order valence-electron chi connectivity index (χ0n) is 14.8. The molecule has 0 fully saturated rings. The standard InChI is InChI=1S/C19H15NO9/c21-7-6-14(11-4-5-15-16(8-11)29-10-28-15)19(17(22)23,18(24)25)12-2-1-3-13(9-12)20(26)27/h1-5,7-9,14H,6,10H2,(H,22,23)(H,24,25). The quantitative estimate of drug-likeness (QED) is 0.293. The van der Waals surface area contributed by atoms with Crippen molar-refractivity contribution in [3.63, 3.8) is 0 Å². The molecule has 0 saturated heterocycles. The average molecular weight is 401 g/mol. The molecule has 2 N–H and O–H groups in total. The summed E-state index contributed by atoms with van der Waals surface area (Å²) in [6.45, 7) is -0.0506. The van der Waals surface area contributed by atoms with Gasteiger partial charge in [0, 0.05) is 24.5 Å². The number of nitro benzene ring substituents is 1. The zero-order valence-corrected chi connectivity index (χ0v) is 14.8. The van der Waals surface area contributed by atoms with Gasteiger partial charge in [-0.3, -0.25) is 19.7 Å². The van der Waals surface area contributed by atoms with E-state index in [2.05, 4.69) is 0 Å². The number of rotatable bonds is 8. The second-order valence-electron chi connectivity index (χ2n) is 6.29. The molecule has 3 rings (SSSR count). The van der Waals surface area contributed by atoms with Gasteiger partial charge in [-0.25, -0.2) is 0 Å². The maximum Gasteiger partial charge on any atom is 0.326 e. The lowest BCUT2D eigenvalue weighted by Crippen LogP contribution is -2.49. The number of carboxylic acids is 2. The highest BCUT2D eigenvalue weighted by atomic mass is 16.7. The van der Waals surface area contributed by atoms with Crippen molar-refractivity contribution in [2.45, 2.75) is 17.8 Å². The van der Waals surface area contributed by atoms with E-state index < -0.39 is 40.3 Å². The predicted octanol–water partition coefficient (Wildman–Crippen LogP) is 2.10. The molecule has 0 radical (unpaired) electrons. The van der Waals surface area contributed by atoms with Crippen molar-refractivity contribution in [2.24, 2.45) is 0 Å². The second-order valence-corrected chi connectivity index (χ2v) is 6.29. The van der Waals surface area contributed by atoms with E-state index in [0.29, 0.717) is 12.0 Å². The van der Waals surface area contributed by atoms with Crippen LogP contribution in [0, 0.1) is 10.1 Å². The highest BCUT2D eigenvalue weighted by Crippen LogP contribution is 2.45. The van der Waals surface area contributed by atoms with E-state index in [1.54, 1.807) is 0 Å². The highest BCUT2D eigenvalue weighted by molar-refractivity contribution is 6.06. The average Bonchev–Trinajstić information content (AvgIpc) is 3.15. The summed E-state index contributed by atoms with van der Waals surface area (Å²) in [5.41, 5.74) is -3.24. The molecule has 150 valence electrons. The molecule has 1 aliphatic rings. The summed E-state index contributed by atoms with van der Waals surface area (Å²) in [7, 11) is 0. The van der Waals surface area contributed by atoms with Crippen LogP contribution in [0.2, 0.25) is 0 Å². The molecule has 0 spiro atoms. The van der Waals surface area contributed by atoms with E-state index >= 15 is 0 Å². The molecule has 1 aliphatic heterocycles. The van der Waals surface area contributed by atoms with Crippen LogP contribution >= 0.6 is 0 Å². The van der Waals surface area contributed by atoms with Gasteiger partial charge in [0.2, 0.25) is 6.79 Å². The molecular weight excluding hydrogens is 386 g/mol. The van der Waals surface area contributed by atoms with Crippen LogP contribution in [0.3, 0.4) is 0 Å². The van der Waals surface area contributed by atoms with E-state index in [1.165, 1.54) is 30.3 Å². The summed E-state index contributed by atoms with van der Waals surface area (Å²) in [6, 6.07) is 8.73. The fourth-order valence-electron chi connectivity index (χ4n) is 3.49. The Morgan fingerprint density at radius 1 is 1.14 bits per heavy atom. The van der Waals surface area contributed by atoms with Crippen molar-refractivity contribution in [3.8, 4) is 11.5 Å². The predicted molar refractivity (Wildman–Crippen MR) is 96.0 cm³/mol. The lowest BCUT2D eigenvalue weighted by molar-refractivity contribution is -0.384. The van der Waals surface area contributed by atoms with Crippen molar-refractivity contribution in [1.29, 1.82) is 0 Å². The van der Waals surface area contributed by atoms with E-state index in [9.17, 15) is 34.7 Å². The van der Waals surface area contributed by atoms with E-state index in [4.69, 9.17) is 9.47 Å². The molecule has 1 heterocycles. The maximum atomic E-state index is 12.3. The normalized spacial score (nSPS) is 13.5. The van der Waals surface area contributed by atoms with Gasteiger partial charge in [-0.15, -0.1) is 0 Å². The molecule has 0 bridgehead atoms. The fraction of sp³-hybridized carbons (Fsp3) is 0.211. The lowest BCUT2D eigenvalue weighted by atomic mass is 9.66. The number of carbonyl (C=O) groups is 3.